The third kappa shape index (κ3) is 7.54. The summed E-state index contributed by atoms with van der Waals surface area (Å²) >= 11 is 0. The van der Waals surface area contributed by atoms with E-state index in [1.807, 2.05) is 0 Å². The van der Waals surface area contributed by atoms with Crippen LogP contribution in [0.15, 0.2) is 0 Å². The van der Waals surface area contributed by atoms with E-state index in [1.165, 1.54) is 0 Å². The molecule has 0 bridgehead atoms. The first kappa shape index (κ1) is 11.4. The van der Waals surface area contributed by atoms with Gasteiger partial charge in [-0.15, -0.1) is 0 Å². The maximum Gasteiger partial charge on any atom is 0.305 e. The number of carbonyl (C=O) groups is 1. The van der Waals surface area contributed by atoms with Crippen LogP contribution in [-0.2, 0) is 9.53 Å². The van der Waals surface area contributed by atoms with E-state index in [2.05, 4.69) is 11.7 Å². The first-order valence-electron chi connectivity index (χ1n) is 4.57. The van der Waals surface area contributed by atoms with Crippen LogP contribution in [0.1, 0.15) is 39.0 Å². The molecule has 3 heteroatoms. The molecule has 72 valence electrons. The second kappa shape index (κ2) is 8.53. The van der Waals surface area contributed by atoms with Crippen LogP contribution in [0.5, 0.6) is 0 Å². The van der Waals surface area contributed by atoms with Gasteiger partial charge in [0.25, 0.3) is 0 Å². The number of esters is 1. The number of carbonyl (C=O) groups excluding carboxylic acids is 1. The zero-order chi connectivity index (χ0) is 9.23. The van der Waals surface area contributed by atoms with Crippen LogP contribution < -0.4 is 0 Å². The van der Waals surface area contributed by atoms with Crippen molar-refractivity contribution in [2.75, 3.05) is 13.2 Å². The van der Waals surface area contributed by atoms with Crippen LogP contribution in [0, 0.1) is 0 Å². The van der Waals surface area contributed by atoms with Crippen molar-refractivity contribution >= 4 is 5.97 Å². The van der Waals surface area contributed by atoms with Gasteiger partial charge in [-0.2, -0.15) is 0 Å². The van der Waals surface area contributed by atoms with Gasteiger partial charge in [0.05, 0.1) is 6.61 Å². The second-order valence-corrected chi connectivity index (χ2v) is 2.75. The van der Waals surface area contributed by atoms with Gasteiger partial charge in [0.1, 0.15) is 0 Å². The summed E-state index contributed by atoms with van der Waals surface area (Å²) in [5, 5.41) is 8.07. The van der Waals surface area contributed by atoms with Crippen molar-refractivity contribution in [1.82, 2.24) is 0 Å². The van der Waals surface area contributed by atoms with Crippen molar-refractivity contribution in [3.63, 3.8) is 0 Å². The third-order valence-corrected chi connectivity index (χ3v) is 1.55. The Hall–Kier alpha value is -0.570. The Kier molecular flexibility index (Phi) is 8.12. The molecule has 3 nitrogen and oxygen atoms in total. The Balaban J connectivity index is 0.000000217. The number of ether oxygens (including phenoxy) is 1. The monoisotopic (exact) mass is 174 g/mol. The van der Waals surface area contributed by atoms with Gasteiger partial charge >= 0.3 is 5.97 Å². The molecule has 0 aliphatic carbocycles. The highest BCUT2D eigenvalue weighted by molar-refractivity contribution is 5.69. The number of cyclic esters (lactones) is 1. The van der Waals surface area contributed by atoms with Gasteiger partial charge in [-0.1, -0.05) is 13.3 Å². The normalized spacial score (nSPS) is 16.0. The molecule has 1 N–H and O–H groups in total. The molecular formula is C9H18O3. The van der Waals surface area contributed by atoms with Crippen LogP contribution in [0.2, 0.25) is 0 Å². The molecule has 0 spiro atoms. The minimum atomic E-state index is -0.0359. The average Bonchev–Trinajstić information content (AvgIpc) is 2.08. The van der Waals surface area contributed by atoms with Crippen molar-refractivity contribution in [2.24, 2.45) is 0 Å². The minimum Gasteiger partial charge on any atom is -0.466 e. The summed E-state index contributed by atoms with van der Waals surface area (Å²) in [5.41, 5.74) is 0. The second-order valence-electron chi connectivity index (χ2n) is 2.75. The van der Waals surface area contributed by atoms with Crippen molar-refractivity contribution in [3.05, 3.63) is 0 Å². The fraction of sp³-hybridized carbons (Fsp3) is 0.889. The third-order valence-electron chi connectivity index (χ3n) is 1.55. The number of hydrogen-bond acceptors (Lipinski definition) is 3. The van der Waals surface area contributed by atoms with Crippen molar-refractivity contribution in [2.45, 2.75) is 39.0 Å². The first-order chi connectivity index (χ1) is 5.81. The molecule has 1 saturated heterocycles. The predicted octanol–water partition coefficient (Wildman–Crippen LogP) is 1.49. The lowest BCUT2D eigenvalue weighted by Gasteiger charge is -2.08. The SMILES string of the molecule is CCCCO.O=C1CCCCO1. The average molecular weight is 174 g/mol. The molecular weight excluding hydrogens is 156 g/mol. The molecule has 0 unspecified atom stereocenters. The fourth-order valence-corrected chi connectivity index (χ4v) is 0.788. The maximum absolute atomic E-state index is 10.2. The summed E-state index contributed by atoms with van der Waals surface area (Å²) in [5.74, 6) is -0.0359. The molecule has 0 aromatic heterocycles. The van der Waals surface area contributed by atoms with Crippen LogP contribution >= 0.6 is 0 Å². The number of hydrogen-bond donors (Lipinski definition) is 1. The molecule has 0 aromatic rings. The lowest BCUT2D eigenvalue weighted by molar-refractivity contribution is -0.146. The van der Waals surface area contributed by atoms with Gasteiger partial charge in [-0.3, -0.25) is 4.79 Å². The molecule has 1 aliphatic rings. The summed E-state index contributed by atoms with van der Waals surface area (Å²) in [6.45, 7) is 3.03. The Morgan fingerprint density at radius 2 is 2.25 bits per heavy atom. The molecule has 1 aliphatic heterocycles. The van der Waals surface area contributed by atoms with E-state index >= 15 is 0 Å². The van der Waals surface area contributed by atoms with Gasteiger partial charge in [-0.05, 0) is 19.3 Å². The molecule has 0 amide bonds. The molecule has 1 heterocycles. The number of aliphatic hydroxyl groups excluding tert-OH is 1. The Bertz CT molecular complexity index is 102. The minimum absolute atomic E-state index is 0.0359. The first-order valence-corrected chi connectivity index (χ1v) is 4.57. The predicted molar refractivity (Wildman–Crippen MR) is 46.8 cm³/mol. The lowest BCUT2D eigenvalue weighted by atomic mass is 10.2. The number of aliphatic hydroxyl groups is 1. The van der Waals surface area contributed by atoms with Crippen LogP contribution in [0.25, 0.3) is 0 Å². The van der Waals surface area contributed by atoms with E-state index in [-0.39, 0.29) is 5.97 Å². The van der Waals surface area contributed by atoms with Gasteiger partial charge in [-0.25, -0.2) is 0 Å². The molecule has 0 aromatic carbocycles. The van der Waals surface area contributed by atoms with E-state index < -0.39 is 0 Å². The van der Waals surface area contributed by atoms with Crippen molar-refractivity contribution in [3.8, 4) is 0 Å². The molecule has 0 saturated carbocycles. The maximum atomic E-state index is 10.2. The van der Waals surface area contributed by atoms with Gasteiger partial charge in [0.2, 0.25) is 0 Å². The highest BCUT2D eigenvalue weighted by Crippen LogP contribution is 2.04. The smallest absolute Gasteiger partial charge is 0.305 e. The summed E-state index contributed by atoms with van der Waals surface area (Å²) < 4.78 is 4.64. The Labute approximate surface area is 73.7 Å². The summed E-state index contributed by atoms with van der Waals surface area (Å²) in [6, 6.07) is 0. The molecule has 1 rings (SSSR count). The standard InChI is InChI=1S/C5H8O2.C4H10O/c6-5-3-1-2-4-7-5;1-2-3-4-5/h1-4H2;5H,2-4H2,1H3. The largest absolute Gasteiger partial charge is 0.466 e. The highest BCUT2D eigenvalue weighted by Gasteiger charge is 2.06. The van der Waals surface area contributed by atoms with Gasteiger partial charge in [0, 0.05) is 13.0 Å². The Morgan fingerprint density at radius 1 is 1.50 bits per heavy atom. The summed E-state index contributed by atoms with van der Waals surface area (Å²) in [4.78, 5) is 10.2. The van der Waals surface area contributed by atoms with Crippen molar-refractivity contribution < 1.29 is 14.6 Å². The van der Waals surface area contributed by atoms with Crippen LogP contribution in [0.3, 0.4) is 0 Å². The zero-order valence-corrected chi connectivity index (χ0v) is 7.71. The molecule has 1 fully saturated rings. The van der Waals surface area contributed by atoms with Gasteiger partial charge < -0.3 is 9.84 Å². The number of rotatable bonds is 2. The molecule has 12 heavy (non-hydrogen) atoms. The molecule has 0 radical (unpaired) electrons. The van der Waals surface area contributed by atoms with E-state index in [9.17, 15) is 4.79 Å². The van der Waals surface area contributed by atoms with Crippen LogP contribution in [-0.4, -0.2) is 24.3 Å². The summed E-state index contributed by atoms with van der Waals surface area (Å²) in [6.07, 6.45) is 4.72. The fourth-order valence-electron chi connectivity index (χ4n) is 0.788. The molecule has 0 atom stereocenters. The lowest BCUT2D eigenvalue weighted by Crippen LogP contribution is -2.10. The number of unbranched alkanes of at least 4 members (excludes halogenated alkanes) is 1. The topological polar surface area (TPSA) is 46.5 Å². The van der Waals surface area contributed by atoms with E-state index in [1.54, 1.807) is 0 Å². The van der Waals surface area contributed by atoms with Crippen LogP contribution in [0.4, 0.5) is 0 Å². The van der Waals surface area contributed by atoms with E-state index in [0.29, 0.717) is 19.6 Å². The Morgan fingerprint density at radius 3 is 2.42 bits per heavy atom. The highest BCUT2D eigenvalue weighted by atomic mass is 16.5. The van der Waals surface area contributed by atoms with Gasteiger partial charge in [0.15, 0.2) is 0 Å². The van der Waals surface area contributed by atoms with E-state index in [4.69, 9.17) is 5.11 Å². The van der Waals surface area contributed by atoms with Crippen molar-refractivity contribution in [1.29, 1.82) is 0 Å². The summed E-state index contributed by atoms with van der Waals surface area (Å²) in [7, 11) is 0. The quantitative estimate of drug-likeness (QED) is 0.645. The zero-order valence-electron chi connectivity index (χ0n) is 7.71. The van der Waals surface area contributed by atoms with E-state index in [0.717, 1.165) is 25.7 Å².